The van der Waals surface area contributed by atoms with E-state index in [2.05, 4.69) is 28.2 Å². The quantitative estimate of drug-likeness (QED) is 0.342. The topological polar surface area (TPSA) is 37.2 Å². The van der Waals surface area contributed by atoms with Gasteiger partial charge in [0, 0.05) is 46.8 Å². The molecule has 0 bridgehead atoms. The van der Waals surface area contributed by atoms with E-state index in [1.165, 1.54) is 10.9 Å². The summed E-state index contributed by atoms with van der Waals surface area (Å²) in [6, 6.07) is 23.6. The third-order valence-corrected chi connectivity index (χ3v) is 5.65. The Morgan fingerprint density at radius 3 is 2.40 bits per heavy atom. The van der Waals surface area contributed by atoms with Crippen molar-refractivity contribution < 1.29 is 5.11 Å². The van der Waals surface area contributed by atoms with Crippen LogP contribution in [0.3, 0.4) is 0 Å². The van der Waals surface area contributed by atoms with Gasteiger partial charge < -0.3 is 15.0 Å². The summed E-state index contributed by atoms with van der Waals surface area (Å²) in [5.41, 5.74) is 4.28. The Labute approximate surface area is 192 Å². The fraction of sp³-hybridized carbons (Fsp3) is 0.167. The van der Waals surface area contributed by atoms with Crippen LogP contribution in [0.5, 0.6) is 0 Å². The molecule has 3 aromatic carbocycles. The third kappa shape index (κ3) is 5.18. The zero-order chi connectivity index (χ0) is 20.2. The first-order valence-corrected chi connectivity index (χ1v) is 10.3. The molecule has 0 aliphatic carbocycles. The molecule has 4 rings (SSSR count). The molecule has 2 N–H and O–H groups in total. The number of nitrogens with zero attached hydrogens (tertiary/aromatic N) is 1. The van der Waals surface area contributed by atoms with E-state index in [0.717, 1.165) is 16.6 Å². The van der Waals surface area contributed by atoms with Gasteiger partial charge in [0.25, 0.3) is 0 Å². The smallest absolute Gasteiger partial charge is 0.0914 e. The van der Waals surface area contributed by atoms with Crippen LogP contribution in [0.25, 0.3) is 10.9 Å². The highest BCUT2D eigenvalue weighted by molar-refractivity contribution is 6.35. The summed E-state index contributed by atoms with van der Waals surface area (Å²) >= 11 is 12.4. The molecule has 0 aliphatic heterocycles. The number of fused-ring (bicyclic) bond motifs is 1. The average molecular weight is 462 g/mol. The Bertz CT molecular complexity index is 1110. The lowest BCUT2D eigenvalue weighted by molar-refractivity contribution is 0.174. The molecule has 3 nitrogen and oxygen atoms in total. The number of hydrogen-bond donors (Lipinski definition) is 2. The number of hydrogen-bond acceptors (Lipinski definition) is 2. The van der Waals surface area contributed by atoms with Gasteiger partial charge in [-0.15, -0.1) is 12.4 Å². The lowest BCUT2D eigenvalue weighted by atomic mass is 10.1. The van der Waals surface area contributed by atoms with Crippen LogP contribution in [0.2, 0.25) is 10.0 Å². The standard InChI is InChI=1S/C24H22Cl2N2O.ClH/c25-20-11-10-18(22(26)12-20)15-28-16-19(21-8-4-5-9-23(21)28)13-27-14-24(29)17-6-2-1-3-7-17;/h1-12,16,24,27,29H,13-15H2;1H. The average Bonchev–Trinajstić information content (AvgIpc) is 3.08. The van der Waals surface area contributed by atoms with Gasteiger partial charge in [0.15, 0.2) is 0 Å². The van der Waals surface area contributed by atoms with E-state index in [1.807, 2.05) is 54.6 Å². The second kappa shape index (κ2) is 10.3. The first-order chi connectivity index (χ1) is 14.1. The highest BCUT2D eigenvalue weighted by atomic mass is 35.5. The molecular weight excluding hydrogens is 439 g/mol. The minimum Gasteiger partial charge on any atom is -0.387 e. The van der Waals surface area contributed by atoms with Crippen molar-refractivity contribution in [2.24, 2.45) is 0 Å². The van der Waals surface area contributed by atoms with E-state index >= 15 is 0 Å². The van der Waals surface area contributed by atoms with E-state index in [9.17, 15) is 5.11 Å². The van der Waals surface area contributed by atoms with Crippen molar-refractivity contribution in [3.8, 4) is 0 Å². The second-order valence-corrected chi connectivity index (χ2v) is 7.94. The summed E-state index contributed by atoms with van der Waals surface area (Å²) in [7, 11) is 0. The van der Waals surface area contributed by atoms with Crippen molar-refractivity contribution in [1.82, 2.24) is 9.88 Å². The van der Waals surface area contributed by atoms with Crippen LogP contribution < -0.4 is 5.32 Å². The molecule has 1 atom stereocenters. The fourth-order valence-electron chi connectivity index (χ4n) is 3.56. The van der Waals surface area contributed by atoms with Crippen LogP contribution in [0.4, 0.5) is 0 Å². The number of aliphatic hydroxyl groups is 1. The number of benzene rings is 3. The Balaban J connectivity index is 0.00000256. The van der Waals surface area contributed by atoms with Gasteiger partial charge in [0.05, 0.1) is 6.10 Å². The van der Waals surface area contributed by atoms with Crippen molar-refractivity contribution in [2.75, 3.05) is 6.54 Å². The normalized spacial score (nSPS) is 12.0. The number of rotatable bonds is 7. The summed E-state index contributed by atoms with van der Waals surface area (Å²) in [5.74, 6) is 0. The highest BCUT2D eigenvalue weighted by Gasteiger charge is 2.11. The molecule has 0 amide bonds. The lowest BCUT2D eigenvalue weighted by Gasteiger charge is -2.11. The maximum Gasteiger partial charge on any atom is 0.0914 e. The summed E-state index contributed by atoms with van der Waals surface area (Å²) < 4.78 is 2.20. The molecule has 0 saturated heterocycles. The number of aromatic nitrogens is 1. The van der Waals surface area contributed by atoms with Gasteiger partial charge in [0.1, 0.15) is 0 Å². The van der Waals surface area contributed by atoms with Crippen molar-refractivity contribution in [1.29, 1.82) is 0 Å². The van der Waals surface area contributed by atoms with Crippen LogP contribution in [-0.2, 0) is 13.1 Å². The largest absolute Gasteiger partial charge is 0.387 e. The molecule has 1 unspecified atom stereocenters. The number of halogens is 3. The van der Waals surface area contributed by atoms with Crippen LogP contribution in [0.15, 0.2) is 79.0 Å². The Kier molecular flexibility index (Phi) is 7.81. The zero-order valence-electron chi connectivity index (χ0n) is 16.3. The number of aliphatic hydroxyl groups excluding tert-OH is 1. The molecule has 1 heterocycles. The van der Waals surface area contributed by atoms with Crippen molar-refractivity contribution in [3.05, 3.63) is 106 Å². The highest BCUT2D eigenvalue weighted by Crippen LogP contribution is 2.26. The van der Waals surface area contributed by atoms with E-state index in [1.54, 1.807) is 6.07 Å². The molecule has 0 aliphatic rings. The number of nitrogens with one attached hydrogen (secondary N) is 1. The summed E-state index contributed by atoms with van der Waals surface area (Å²) in [6.45, 7) is 1.83. The maximum atomic E-state index is 10.4. The Morgan fingerprint density at radius 2 is 1.63 bits per heavy atom. The van der Waals surface area contributed by atoms with Crippen LogP contribution >= 0.6 is 35.6 Å². The minimum atomic E-state index is -0.530. The molecule has 4 aromatic rings. The van der Waals surface area contributed by atoms with Gasteiger partial charge in [-0.3, -0.25) is 0 Å². The molecule has 156 valence electrons. The van der Waals surface area contributed by atoms with Crippen LogP contribution in [0.1, 0.15) is 22.8 Å². The van der Waals surface area contributed by atoms with E-state index in [4.69, 9.17) is 23.2 Å². The fourth-order valence-corrected chi connectivity index (χ4v) is 4.03. The maximum absolute atomic E-state index is 10.4. The van der Waals surface area contributed by atoms with E-state index in [0.29, 0.717) is 29.7 Å². The van der Waals surface area contributed by atoms with E-state index < -0.39 is 6.10 Å². The van der Waals surface area contributed by atoms with Crippen molar-refractivity contribution in [2.45, 2.75) is 19.2 Å². The van der Waals surface area contributed by atoms with Gasteiger partial charge in [-0.2, -0.15) is 0 Å². The Hall–Kier alpha value is -2.01. The molecule has 0 saturated carbocycles. The second-order valence-electron chi connectivity index (χ2n) is 7.09. The van der Waals surface area contributed by atoms with E-state index in [-0.39, 0.29) is 12.4 Å². The first kappa shape index (κ1) is 22.7. The number of para-hydroxylation sites is 1. The zero-order valence-corrected chi connectivity index (χ0v) is 18.6. The molecule has 1 aromatic heterocycles. The van der Waals surface area contributed by atoms with Crippen LogP contribution in [-0.4, -0.2) is 16.2 Å². The summed E-state index contributed by atoms with van der Waals surface area (Å²) in [5, 5.41) is 16.3. The molecule has 0 fully saturated rings. The van der Waals surface area contributed by atoms with Crippen molar-refractivity contribution in [3.63, 3.8) is 0 Å². The SMILES string of the molecule is Cl.OC(CNCc1cn(Cc2ccc(Cl)cc2Cl)c2ccccc12)c1ccccc1. The first-order valence-electron chi connectivity index (χ1n) is 9.56. The predicted molar refractivity (Wildman–Crippen MR) is 128 cm³/mol. The molecule has 6 heteroatoms. The molecule has 0 radical (unpaired) electrons. The summed E-state index contributed by atoms with van der Waals surface area (Å²) in [4.78, 5) is 0. The van der Waals surface area contributed by atoms with Crippen molar-refractivity contribution >= 4 is 46.5 Å². The van der Waals surface area contributed by atoms with Crippen LogP contribution in [0, 0.1) is 0 Å². The van der Waals surface area contributed by atoms with Gasteiger partial charge in [0.2, 0.25) is 0 Å². The Morgan fingerprint density at radius 1 is 0.900 bits per heavy atom. The van der Waals surface area contributed by atoms with Gasteiger partial charge in [-0.05, 0) is 34.9 Å². The molecular formula is C24H23Cl3N2O. The summed E-state index contributed by atoms with van der Waals surface area (Å²) in [6.07, 6.45) is 1.62. The molecule has 30 heavy (non-hydrogen) atoms. The van der Waals surface area contributed by atoms with Gasteiger partial charge in [-0.1, -0.05) is 77.8 Å². The van der Waals surface area contributed by atoms with Gasteiger partial charge >= 0.3 is 0 Å². The minimum absolute atomic E-state index is 0. The predicted octanol–water partition coefficient (Wildman–Crippen LogP) is 6.24. The monoisotopic (exact) mass is 460 g/mol. The lowest BCUT2D eigenvalue weighted by Crippen LogP contribution is -2.20. The third-order valence-electron chi connectivity index (χ3n) is 5.06. The molecule has 0 spiro atoms. The van der Waals surface area contributed by atoms with Gasteiger partial charge in [-0.25, -0.2) is 0 Å².